The molecule has 0 saturated heterocycles. The van der Waals surface area contributed by atoms with Crippen molar-refractivity contribution in [2.75, 3.05) is 13.6 Å². The molecule has 1 N–H and O–H groups in total. The van der Waals surface area contributed by atoms with E-state index >= 15 is 0 Å². The molecule has 1 aromatic carbocycles. The summed E-state index contributed by atoms with van der Waals surface area (Å²) in [4.78, 5) is 17.6. The maximum atomic E-state index is 12.0. The third-order valence-corrected chi connectivity index (χ3v) is 3.15. The van der Waals surface area contributed by atoms with Gasteiger partial charge in [-0.05, 0) is 41.8 Å². The number of hydrogen-bond donors (Lipinski definition) is 1. The molecule has 0 fully saturated rings. The summed E-state index contributed by atoms with van der Waals surface area (Å²) in [5, 5.41) is 9.22. The molecule has 108 valence electrons. The number of likely N-dealkylation sites (N-methyl/N-ethyl adjacent to an activating group) is 1. The first-order valence-electron chi connectivity index (χ1n) is 6.76. The molecule has 4 nitrogen and oxygen atoms in total. The van der Waals surface area contributed by atoms with Crippen molar-refractivity contribution in [2.45, 2.75) is 6.42 Å². The van der Waals surface area contributed by atoms with Crippen LogP contribution in [-0.2, 0) is 11.2 Å². The molecule has 0 atom stereocenters. The lowest BCUT2D eigenvalue weighted by molar-refractivity contribution is -0.124. The van der Waals surface area contributed by atoms with Crippen molar-refractivity contribution in [2.24, 2.45) is 0 Å². The van der Waals surface area contributed by atoms with Gasteiger partial charge in [0, 0.05) is 32.1 Å². The minimum atomic E-state index is -0.0439. The Morgan fingerprint density at radius 1 is 1.29 bits per heavy atom. The van der Waals surface area contributed by atoms with Crippen LogP contribution in [0.4, 0.5) is 0 Å². The molecule has 4 heteroatoms. The highest BCUT2D eigenvalue weighted by molar-refractivity contribution is 5.91. The van der Waals surface area contributed by atoms with Gasteiger partial charge in [-0.3, -0.25) is 9.78 Å². The lowest BCUT2D eigenvalue weighted by Gasteiger charge is -2.15. The Kier molecular flexibility index (Phi) is 5.10. The molecule has 0 spiro atoms. The monoisotopic (exact) mass is 282 g/mol. The van der Waals surface area contributed by atoms with Crippen molar-refractivity contribution in [3.05, 3.63) is 66.0 Å². The maximum Gasteiger partial charge on any atom is 0.246 e. The van der Waals surface area contributed by atoms with Crippen LogP contribution in [0.15, 0.2) is 54.9 Å². The van der Waals surface area contributed by atoms with Crippen LogP contribution in [-0.4, -0.2) is 34.5 Å². The van der Waals surface area contributed by atoms with E-state index in [2.05, 4.69) is 4.98 Å². The first-order chi connectivity index (χ1) is 10.1. The minimum Gasteiger partial charge on any atom is -0.508 e. The van der Waals surface area contributed by atoms with Gasteiger partial charge in [0.15, 0.2) is 0 Å². The van der Waals surface area contributed by atoms with Crippen LogP contribution in [0, 0.1) is 0 Å². The predicted octanol–water partition coefficient (Wildman–Crippen LogP) is 2.50. The van der Waals surface area contributed by atoms with Crippen LogP contribution >= 0.6 is 0 Å². The Morgan fingerprint density at radius 2 is 2.05 bits per heavy atom. The van der Waals surface area contributed by atoms with Gasteiger partial charge in [-0.25, -0.2) is 0 Å². The third-order valence-electron chi connectivity index (χ3n) is 3.15. The molecule has 1 amide bonds. The highest BCUT2D eigenvalue weighted by Crippen LogP contribution is 2.10. The van der Waals surface area contributed by atoms with Crippen LogP contribution < -0.4 is 0 Å². The van der Waals surface area contributed by atoms with Gasteiger partial charge in [-0.15, -0.1) is 0 Å². The van der Waals surface area contributed by atoms with Crippen LogP contribution in [0.25, 0.3) is 6.08 Å². The summed E-state index contributed by atoms with van der Waals surface area (Å²) in [5.41, 5.74) is 1.99. The normalized spacial score (nSPS) is 10.7. The molecule has 2 rings (SSSR count). The molecule has 0 bridgehead atoms. The molecule has 0 radical (unpaired) electrons. The van der Waals surface area contributed by atoms with E-state index in [1.54, 1.807) is 48.6 Å². The Balaban J connectivity index is 1.85. The number of phenols is 1. The largest absolute Gasteiger partial charge is 0.508 e. The lowest BCUT2D eigenvalue weighted by Crippen LogP contribution is -2.27. The first-order valence-corrected chi connectivity index (χ1v) is 6.76. The van der Waals surface area contributed by atoms with Crippen molar-refractivity contribution in [1.29, 1.82) is 0 Å². The van der Waals surface area contributed by atoms with E-state index in [1.165, 1.54) is 0 Å². The molecule has 0 aliphatic rings. The summed E-state index contributed by atoms with van der Waals surface area (Å²) < 4.78 is 0. The second kappa shape index (κ2) is 7.24. The number of carbonyl (C=O) groups excluding carboxylic acids is 1. The number of benzene rings is 1. The molecule has 1 aromatic heterocycles. The van der Waals surface area contributed by atoms with Crippen LogP contribution in [0.2, 0.25) is 0 Å². The van der Waals surface area contributed by atoms with Crippen LogP contribution in [0.1, 0.15) is 11.1 Å². The van der Waals surface area contributed by atoms with Gasteiger partial charge in [-0.2, -0.15) is 0 Å². The zero-order valence-corrected chi connectivity index (χ0v) is 11.9. The van der Waals surface area contributed by atoms with E-state index in [9.17, 15) is 9.90 Å². The number of aromatic nitrogens is 1. The molecule has 0 aliphatic carbocycles. The van der Waals surface area contributed by atoms with Crippen molar-refractivity contribution in [3.8, 4) is 5.75 Å². The Labute approximate surface area is 124 Å². The molecule has 0 saturated carbocycles. The van der Waals surface area contributed by atoms with Gasteiger partial charge in [0.25, 0.3) is 0 Å². The standard InChI is InChI=1S/C17H18N2O2/c1-19(12-10-14-4-7-16(20)8-5-14)17(21)9-6-15-3-2-11-18-13-15/h2-9,11,13,20H,10,12H2,1H3. The number of hydrogen-bond acceptors (Lipinski definition) is 3. The summed E-state index contributed by atoms with van der Waals surface area (Å²) in [5.74, 6) is 0.209. The van der Waals surface area contributed by atoms with Gasteiger partial charge in [0.1, 0.15) is 5.75 Å². The summed E-state index contributed by atoms with van der Waals surface area (Å²) in [6.07, 6.45) is 7.46. The van der Waals surface area contributed by atoms with Crippen LogP contribution in [0.5, 0.6) is 5.75 Å². The van der Waals surface area contributed by atoms with Crippen molar-refractivity contribution >= 4 is 12.0 Å². The maximum absolute atomic E-state index is 12.0. The zero-order chi connectivity index (χ0) is 15.1. The van der Waals surface area contributed by atoms with Gasteiger partial charge >= 0.3 is 0 Å². The Hall–Kier alpha value is -2.62. The average Bonchev–Trinajstić information content (AvgIpc) is 2.52. The van der Waals surface area contributed by atoms with E-state index in [0.717, 1.165) is 17.5 Å². The molecule has 0 aliphatic heterocycles. The van der Waals surface area contributed by atoms with E-state index < -0.39 is 0 Å². The topological polar surface area (TPSA) is 53.4 Å². The second-order valence-electron chi connectivity index (χ2n) is 4.80. The molecular weight excluding hydrogens is 264 g/mol. The van der Waals surface area contributed by atoms with E-state index in [-0.39, 0.29) is 11.7 Å². The molecule has 2 aromatic rings. The van der Waals surface area contributed by atoms with E-state index in [1.807, 2.05) is 24.3 Å². The summed E-state index contributed by atoms with van der Waals surface area (Å²) in [7, 11) is 1.77. The van der Waals surface area contributed by atoms with Crippen molar-refractivity contribution in [1.82, 2.24) is 9.88 Å². The lowest BCUT2D eigenvalue weighted by atomic mass is 10.1. The Bertz CT molecular complexity index is 606. The number of phenolic OH excluding ortho intramolecular Hbond substituents is 1. The molecule has 21 heavy (non-hydrogen) atoms. The number of nitrogens with zero attached hydrogens (tertiary/aromatic N) is 2. The quantitative estimate of drug-likeness (QED) is 0.857. The number of aromatic hydroxyl groups is 1. The van der Waals surface area contributed by atoms with Crippen molar-refractivity contribution < 1.29 is 9.90 Å². The number of carbonyl (C=O) groups is 1. The molecular formula is C17H18N2O2. The van der Waals surface area contributed by atoms with Crippen LogP contribution in [0.3, 0.4) is 0 Å². The fourth-order valence-corrected chi connectivity index (χ4v) is 1.84. The zero-order valence-electron chi connectivity index (χ0n) is 11.9. The highest BCUT2D eigenvalue weighted by atomic mass is 16.3. The second-order valence-corrected chi connectivity index (χ2v) is 4.80. The van der Waals surface area contributed by atoms with Crippen molar-refractivity contribution in [3.63, 3.8) is 0 Å². The van der Waals surface area contributed by atoms with Gasteiger partial charge in [-0.1, -0.05) is 18.2 Å². The SMILES string of the molecule is CN(CCc1ccc(O)cc1)C(=O)C=Cc1cccnc1. The molecule has 1 heterocycles. The first kappa shape index (κ1) is 14.8. The number of amides is 1. The average molecular weight is 282 g/mol. The predicted molar refractivity (Wildman–Crippen MR) is 82.7 cm³/mol. The number of pyridine rings is 1. The highest BCUT2D eigenvalue weighted by Gasteiger charge is 2.05. The third kappa shape index (κ3) is 4.76. The smallest absolute Gasteiger partial charge is 0.246 e. The van der Waals surface area contributed by atoms with E-state index in [4.69, 9.17) is 0 Å². The fraction of sp³-hybridized carbons (Fsp3) is 0.176. The summed E-state index contributed by atoms with van der Waals surface area (Å²) >= 11 is 0. The van der Waals surface area contributed by atoms with Gasteiger partial charge < -0.3 is 10.0 Å². The minimum absolute atomic E-state index is 0.0439. The van der Waals surface area contributed by atoms with E-state index in [0.29, 0.717) is 6.54 Å². The summed E-state index contributed by atoms with van der Waals surface area (Å²) in [6, 6.07) is 10.8. The Morgan fingerprint density at radius 3 is 2.71 bits per heavy atom. The van der Waals surface area contributed by atoms with Gasteiger partial charge in [0.2, 0.25) is 5.91 Å². The molecule has 0 unspecified atom stereocenters. The van der Waals surface area contributed by atoms with Gasteiger partial charge in [0.05, 0.1) is 0 Å². The number of rotatable bonds is 5. The summed E-state index contributed by atoms with van der Waals surface area (Å²) in [6.45, 7) is 0.626. The fourth-order valence-electron chi connectivity index (χ4n) is 1.84.